The van der Waals surface area contributed by atoms with Crippen molar-refractivity contribution in [2.45, 2.75) is 19.4 Å². The molecule has 1 atom stereocenters. The average Bonchev–Trinajstić information content (AvgIpc) is 2.17. The first-order valence-corrected chi connectivity index (χ1v) is 4.86. The van der Waals surface area contributed by atoms with Crippen LogP contribution in [0.1, 0.15) is 12.6 Å². The lowest BCUT2D eigenvalue weighted by atomic mass is 10.1. The minimum Gasteiger partial charge on any atom is -0.328 e. The van der Waals surface area contributed by atoms with E-state index < -0.39 is 0 Å². The Hall–Kier alpha value is -0.830. The van der Waals surface area contributed by atoms with Gasteiger partial charge >= 0.3 is 0 Å². The quantitative estimate of drug-likeness (QED) is 0.900. The van der Waals surface area contributed by atoms with Gasteiger partial charge in [-0.15, -0.1) is 24.8 Å². The van der Waals surface area contributed by atoms with E-state index >= 15 is 0 Å². The van der Waals surface area contributed by atoms with Crippen LogP contribution in [0.4, 0.5) is 0 Å². The van der Waals surface area contributed by atoms with Gasteiger partial charge in [0.15, 0.2) is 0 Å². The molecule has 2 rings (SSSR count). The summed E-state index contributed by atoms with van der Waals surface area (Å²) < 4.78 is 0. The standard InChI is InChI=1S/C12H14N2.2ClH/c1-9(13)8-11-7-6-10-4-2-3-5-12(10)14-11;;/h2-7,9H,8,13H2,1H3;2*1H. The van der Waals surface area contributed by atoms with Crippen LogP contribution >= 0.6 is 24.8 Å². The summed E-state index contributed by atoms with van der Waals surface area (Å²) in [7, 11) is 0. The Morgan fingerprint density at radius 3 is 2.50 bits per heavy atom. The Morgan fingerprint density at radius 2 is 1.81 bits per heavy atom. The lowest BCUT2D eigenvalue weighted by Crippen LogP contribution is -2.18. The normalized spacial score (nSPS) is 11.4. The second-order valence-electron chi connectivity index (χ2n) is 3.68. The van der Waals surface area contributed by atoms with Crippen LogP contribution in [0.5, 0.6) is 0 Å². The number of halogens is 2. The number of pyridine rings is 1. The van der Waals surface area contributed by atoms with Crippen LogP contribution in [0.15, 0.2) is 36.4 Å². The largest absolute Gasteiger partial charge is 0.328 e. The average molecular weight is 259 g/mol. The van der Waals surface area contributed by atoms with Crippen LogP contribution in [0.2, 0.25) is 0 Å². The molecule has 0 amide bonds. The predicted molar refractivity (Wildman–Crippen MR) is 73.6 cm³/mol. The highest BCUT2D eigenvalue weighted by Gasteiger charge is 2.00. The molecule has 2 aromatic rings. The first kappa shape index (κ1) is 15.2. The highest BCUT2D eigenvalue weighted by Crippen LogP contribution is 2.12. The van der Waals surface area contributed by atoms with E-state index in [1.54, 1.807) is 0 Å². The Balaban J connectivity index is 0.00000112. The van der Waals surface area contributed by atoms with Gasteiger partial charge in [0.2, 0.25) is 0 Å². The molecule has 1 aromatic carbocycles. The Bertz CT molecular complexity index is 444. The monoisotopic (exact) mass is 258 g/mol. The molecule has 1 aromatic heterocycles. The third kappa shape index (κ3) is 3.63. The fourth-order valence-corrected chi connectivity index (χ4v) is 1.55. The lowest BCUT2D eigenvalue weighted by molar-refractivity contribution is 0.725. The molecule has 1 heterocycles. The van der Waals surface area contributed by atoms with Crippen LogP contribution in [-0.2, 0) is 6.42 Å². The topological polar surface area (TPSA) is 38.9 Å². The molecular weight excluding hydrogens is 243 g/mol. The number of para-hydroxylation sites is 1. The van der Waals surface area contributed by atoms with Gasteiger partial charge in [0.05, 0.1) is 5.52 Å². The molecule has 0 saturated heterocycles. The molecule has 88 valence electrons. The van der Waals surface area contributed by atoms with Gasteiger partial charge in [-0.25, -0.2) is 0 Å². The molecule has 1 unspecified atom stereocenters. The number of nitrogens with two attached hydrogens (primary N) is 1. The number of hydrogen-bond donors (Lipinski definition) is 1. The fraction of sp³-hybridized carbons (Fsp3) is 0.250. The summed E-state index contributed by atoms with van der Waals surface area (Å²) in [6, 6.07) is 12.4. The molecule has 0 fully saturated rings. The molecular formula is C12H16Cl2N2. The van der Waals surface area contributed by atoms with Crippen molar-refractivity contribution in [2.24, 2.45) is 5.73 Å². The maximum Gasteiger partial charge on any atom is 0.0705 e. The van der Waals surface area contributed by atoms with Gasteiger partial charge in [-0.2, -0.15) is 0 Å². The van der Waals surface area contributed by atoms with Crippen LogP contribution in [0.3, 0.4) is 0 Å². The number of nitrogens with zero attached hydrogens (tertiary/aromatic N) is 1. The zero-order chi connectivity index (χ0) is 9.97. The molecule has 0 bridgehead atoms. The Kier molecular flexibility index (Phi) is 6.34. The highest BCUT2D eigenvalue weighted by molar-refractivity contribution is 5.85. The van der Waals surface area contributed by atoms with E-state index in [2.05, 4.69) is 17.1 Å². The summed E-state index contributed by atoms with van der Waals surface area (Å²) in [4.78, 5) is 4.54. The molecule has 0 radical (unpaired) electrons. The van der Waals surface area contributed by atoms with E-state index in [0.29, 0.717) is 0 Å². The second kappa shape index (κ2) is 6.69. The molecule has 0 aliphatic rings. The van der Waals surface area contributed by atoms with Gasteiger partial charge in [-0.3, -0.25) is 4.98 Å². The van der Waals surface area contributed by atoms with Crippen molar-refractivity contribution in [3.8, 4) is 0 Å². The van der Waals surface area contributed by atoms with Gasteiger partial charge < -0.3 is 5.73 Å². The molecule has 0 aliphatic heterocycles. The first-order valence-electron chi connectivity index (χ1n) is 4.86. The van der Waals surface area contributed by atoms with Crippen molar-refractivity contribution in [1.82, 2.24) is 4.98 Å². The summed E-state index contributed by atoms with van der Waals surface area (Å²) in [5, 5.41) is 1.18. The second-order valence-corrected chi connectivity index (χ2v) is 3.68. The summed E-state index contributed by atoms with van der Waals surface area (Å²) in [6.45, 7) is 2.00. The van der Waals surface area contributed by atoms with Gasteiger partial charge in [0.25, 0.3) is 0 Å². The zero-order valence-corrected chi connectivity index (χ0v) is 10.7. The number of rotatable bonds is 2. The van der Waals surface area contributed by atoms with Gasteiger partial charge in [0, 0.05) is 23.5 Å². The van der Waals surface area contributed by atoms with Gasteiger partial charge in [-0.1, -0.05) is 24.3 Å². The molecule has 2 N–H and O–H groups in total. The summed E-state index contributed by atoms with van der Waals surface area (Å²) in [6.07, 6.45) is 0.838. The third-order valence-corrected chi connectivity index (χ3v) is 2.19. The summed E-state index contributed by atoms with van der Waals surface area (Å²) in [5.74, 6) is 0. The van der Waals surface area contributed by atoms with Crippen molar-refractivity contribution >= 4 is 35.7 Å². The van der Waals surface area contributed by atoms with Crippen LogP contribution in [0, 0.1) is 0 Å². The molecule has 0 saturated carbocycles. The minimum atomic E-state index is 0. The van der Waals surface area contributed by atoms with E-state index in [4.69, 9.17) is 5.73 Å². The maximum absolute atomic E-state index is 5.73. The van der Waals surface area contributed by atoms with E-state index in [9.17, 15) is 0 Å². The Morgan fingerprint density at radius 1 is 1.12 bits per heavy atom. The van der Waals surface area contributed by atoms with Crippen molar-refractivity contribution in [1.29, 1.82) is 0 Å². The Labute approximate surface area is 108 Å². The van der Waals surface area contributed by atoms with E-state index in [-0.39, 0.29) is 30.9 Å². The van der Waals surface area contributed by atoms with Crippen LogP contribution < -0.4 is 5.73 Å². The van der Waals surface area contributed by atoms with Crippen LogP contribution in [0.25, 0.3) is 10.9 Å². The van der Waals surface area contributed by atoms with E-state index in [0.717, 1.165) is 17.6 Å². The van der Waals surface area contributed by atoms with Crippen molar-refractivity contribution in [3.05, 3.63) is 42.1 Å². The smallest absolute Gasteiger partial charge is 0.0705 e. The zero-order valence-electron chi connectivity index (χ0n) is 9.09. The predicted octanol–water partition coefficient (Wildman–Crippen LogP) is 2.97. The molecule has 0 spiro atoms. The number of benzene rings is 1. The molecule has 0 aliphatic carbocycles. The van der Waals surface area contributed by atoms with E-state index in [1.165, 1.54) is 5.39 Å². The first-order chi connectivity index (χ1) is 6.75. The summed E-state index contributed by atoms with van der Waals surface area (Å²) >= 11 is 0. The van der Waals surface area contributed by atoms with Gasteiger partial charge in [-0.05, 0) is 19.1 Å². The summed E-state index contributed by atoms with van der Waals surface area (Å²) in [5.41, 5.74) is 7.84. The molecule has 16 heavy (non-hydrogen) atoms. The number of fused-ring (bicyclic) bond motifs is 1. The molecule has 4 heteroatoms. The SMILES string of the molecule is CC(N)Cc1ccc2ccccc2n1.Cl.Cl. The maximum atomic E-state index is 5.73. The van der Waals surface area contributed by atoms with Crippen LogP contribution in [-0.4, -0.2) is 11.0 Å². The highest BCUT2D eigenvalue weighted by atomic mass is 35.5. The van der Waals surface area contributed by atoms with Crippen molar-refractivity contribution in [3.63, 3.8) is 0 Å². The van der Waals surface area contributed by atoms with Crippen molar-refractivity contribution < 1.29 is 0 Å². The van der Waals surface area contributed by atoms with Gasteiger partial charge in [0.1, 0.15) is 0 Å². The van der Waals surface area contributed by atoms with E-state index in [1.807, 2.05) is 31.2 Å². The lowest BCUT2D eigenvalue weighted by Gasteiger charge is -2.05. The third-order valence-electron chi connectivity index (χ3n) is 2.19. The minimum absolute atomic E-state index is 0. The fourth-order valence-electron chi connectivity index (χ4n) is 1.55. The number of aromatic nitrogens is 1. The number of hydrogen-bond acceptors (Lipinski definition) is 2. The molecule has 2 nitrogen and oxygen atoms in total. The van der Waals surface area contributed by atoms with Crippen molar-refractivity contribution in [2.75, 3.05) is 0 Å².